The van der Waals surface area contributed by atoms with Crippen molar-refractivity contribution in [2.45, 2.75) is 32.7 Å². The van der Waals surface area contributed by atoms with Crippen LogP contribution >= 0.6 is 0 Å². The average Bonchev–Trinajstić information content (AvgIpc) is 2.36. The van der Waals surface area contributed by atoms with Gasteiger partial charge in [-0.25, -0.2) is 9.59 Å². The van der Waals surface area contributed by atoms with Gasteiger partial charge >= 0.3 is 12.0 Å². The van der Waals surface area contributed by atoms with Crippen LogP contribution in [0.3, 0.4) is 0 Å². The largest absolute Gasteiger partial charge is 0.480 e. The highest BCUT2D eigenvalue weighted by Gasteiger charge is 2.34. The van der Waals surface area contributed by atoms with Crippen molar-refractivity contribution in [3.63, 3.8) is 0 Å². The number of piperidine rings is 1. The number of amides is 2. The second-order valence-corrected chi connectivity index (χ2v) is 5.42. The molecule has 3 atom stereocenters. The zero-order chi connectivity index (χ0) is 14.4. The van der Waals surface area contributed by atoms with Crippen molar-refractivity contribution in [1.82, 2.24) is 10.2 Å². The maximum Gasteiger partial charge on any atom is 0.326 e. The molecule has 2 N–H and O–H groups in total. The summed E-state index contributed by atoms with van der Waals surface area (Å²) < 4.78 is 5.00. The molecule has 1 saturated heterocycles. The van der Waals surface area contributed by atoms with Gasteiger partial charge in [-0.3, -0.25) is 0 Å². The summed E-state index contributed by atoms with van der Waals surface area (Å²) >= 11 is 0. The predicted octanol–water partition coefficient (Wildman–Crippen LogP) is 1.16. The van der Waals surface area contributed by atoms with Crippen LogP contribution in [0.25, 0.3) is 0 Å². The fourth-order valence-corrected chi connectivity index (χ4v) is 2.33. The van der Waals surface area contributed by atoms with E-state index in [4.69, 9.17) is 4.74 Å². The minimum Gasteiger partial charge on any atom is -0.480 e. The van der Waals surface area contributed by atoms with Crippen LogP contribution in [0.5, 0.6) is 0 Å². The van der Waals surface area contributed by atoms with Crippen molar-refractivity contribution in [3.05, 3.63) is 0 Å². The molecule has 0 aromatic carbocycles. The van der Waals surface area contributed by atoms with Gasteiger partial charge in [-0.15, -0.1) is 0 Å². The molecule has 0 radical (unpaired) electrons. The van der Waals surface area contributed by atoms with Gasteiger partial charge in [0.2, 0.25) is 0 Å². The second kappa shape index (κ2) is 7.33. The van der Waals surface area contributed by atoms with Crippen molar-refractivity contribution in [3.8, 4) is 0 Å². The number of aliphatic carboxylic acids is 1. The van der Waals surface area contributed by atoms with Gasteiger partial charge in [0.15, 0.2) is 0 Å². The smallest absolute Gasteiger partial charge is 0.326 e. The minimum atomic E-state index is -0.924. The van der Waals surface area contributed by atoms with Crippen molar-refractivity contribution in [2.75, 3.05) is 26.8 Å². The monoisotopic (exact) mass is 272 g/mol. The van der Waals surface area contributed by atoms with Gasteiger partial charge in [-0.05, 0) is 24.7 Å². The van der Waals surface area contributed by atoms with E-state index < -0.39 is 12.0 Å². The summed E-state index contributed by atoms with van der Waals surface area (Å²) in [5.41, 5.74) is 0. The molecule has 2 amide bonds. The van der Waals surface area contributed by atoms with E-state index in [9.17, 15) is 14.7 Å². The van der Waals surface area contributed by atoms with Gasteiger partial charge in [0.25, 0.3) is 0 Å². The number of likely N-dealkylation sites (tertiary alicyclic amines) is 1. The number of ether oxygens (including phenoxy) is 1. The quantitative estimate of drug-likeness (QED) is 0.787. The number of carboxylic acids is 1. The lowest BCUT2D eigenvalue weighted by Crippen LogP contribution is -2.53. The third-order valence-corrected chi connectivity index (χ3v) is 3.46. The Balaban J connectivity index is 2.51. The molecule has 3 unspecified atom stereocenters. The van der Waals surface area contributed by atoms with Crippen molar-refractivity contribution in [2.24, 2.45) is 11.8 Å². The summed E-state index contributed by atoms with van der Waals surface area (Å²) in [4.78, 5) is 24.7. The Bertz CT molecular complexity index is 322. The molecule has 0 aromatic rings. The summed E-state index contributed by atoms with van der Waals surface area (Å²) in [5, 5.41) is 12.0. The highest BCUT2D eigenvalue weighted by molar-refractivity contribution is 5.82. The molecule has 0 bridgehead atoms. The van der Waals surface area contributed by atoms with Crippen molar-refractivity contribution >= 4 is 12.0 Å². The average molecular weight is 272 g/mol. The Labute approximate surface area is 114 Å². The van der Waals surface area contributed by atoms with Gasteiger partial charge in [-0.2, -0.15) is 0 Å². The lowest BCUT2D eigenvalue weighted by molar-refractivity contribution is -0.143. The zero-order valence-corrected chi connectivity index (χ0v) is 11.9. The molecule has 1 aliphatic rings. The number of rotatable bonds is 5. The highest BCUT2D eigenvalue weighted by Crippen LogP contribution is 2.22. The molecule has 0 aromatic heterocycles. The van der Waals surface area contributed by atoms with Crippen LogP contribution in [-0.4, -0.2) is 54.9 Å². The summed E-state index contributed by atoms with van der Waals surface area (Å²) in [6.07, 6.45) is 1.38. The Morgan fingerprint density at radius 2 is 2.21 bits per heavy atom. The van der Waals surface area contributed by atoms with Crippen LogP contribution < -0.4 is 5.32 Å². The minimum absolute atomic E-state index is 0.209. The van der Waals surface area contributed by atoms with E-state index in [1.807, 2.05) is 13.8 Å². The van der Waals surface area contributed by atoms with Crippen LogP contribution in [0.15, 0.2) is 0 Å². The van der Waals surface area contributed by atoms with Gasteiger partial charge in [0.05, 0.1) is 6.61 Å². The molecule has 0 aliphatic carbocycles. The summed E-state index contributed by atoms with van der Waals surface area (Å²) in [5.74, 6) is -0.370. The Hall–Kier alpha value is -1.30. The molecule has 0 spiro atoms. The molecule has 19 heavy (non-hydrogen) atoms. The molecule has 6 nitrogen and oxygen atoms in total. The van der Waals surface area contributed by atoms with Crippen LogP contribution in [0.4, 0.5) is 4.79 Å². The van der Waals surface area contributed by atoms with Crippen molar-refractivity contribution in [1.29, 1.82) is 0 Å². The van der Waals surface area contributed by atoms with E-state index in [0.29, 0.717) is 32.0 Å². The van der Waals surface area contributed by atoms with E-state index >= 15 is 0 Å². The number of carboxylic acid groups (broad SMARTS) is 1. The molecule has 1 rings (SSSR count). The normalized spacial score (nSPS) is 24.9. The van der Waals surface area contributed by atoms with E-state index in [0.717, 1.165) is 6.42 Å². The van der Waals surface area contributed by atoms with Crippen LogP contribution in [0.1, 0.15) is 26.7 Å². The van der Waals surface area contributed by atoms with Gasteiger partial charge < -0.3 is 20.1 Å². The van der Waals surface area contributed by atoms with Crippen LogP contribution in [0.2, 0.25) is 0 Å². The van der Waals surface area contributed by atoms with E-state index in [1.165, 1.54) is 4.90 Å². The molecular weight excluding hydrogens is 248 g/mol. The van der Waals surface area contributed by atoms with E-state index in [1.54, 1.807) is 7.11 Å². The maximum atomic E-state index is 12.0. The molecule has 0 saturated carbocycles. The van der Waals surface area contributed by atoms with E-state index in [-0.39, 0.29) is 11.9 Å². The van der Waals surface area contributed by atoms with Gasteiger partial charge in [-0.1, -0.05) is 13.8 Å². The lowest BCUT2D eigenvalue weighted by Gasteiger charge is -2.36. The number of nitrogens with one attached hydrogen (secondary N) is 1. The molecular formula is C13H24N2O4. The Morgan fingerprint density at radius 3 is 2.79 bits per heavy atom. The number of carbonyl (C=O) groups excluding carboxylic acids is 1. The number of urea groups is 1. The standard InChI is InChI=1S/C13H24N2O4/c1-9-4-5-15(11(6-9)12(16)17)13(18)14-7-10(2)8-19-3/h9-11H,4-8H2,1-3H3,(H,14,18)(H,16,17). The Kier molecular flexibility index (Phi) is 6.08. The first-order valence-corrected chi connectivity index (χ1v) is 6.71. The number of methoxy groups -OCH3 is 1. The number of hydrogen-bond donors (Lipinski definition) is 2. The zero-order valence-electron chi connectivity index (χ0n) is 11.9. The summed E-state index contributed by atoms with van der Waals surface area (Å²) in [7, 11) is 1.62. The first-order valence-electron chi connectivity index (χ1n) is 6.71. The maximum absolute atomic E-state index is 12.0. The fraction of sp³-hybridized carbons (Fsp3) is 0.846. The lowest BCUT2D eigenvalue weighted by atomic mass is 9.93. The van der Waals surface area contributed by atoms with Crippen LogP contribution in [0, 0.1) is 11.8 Å². The summed E-state index contributed by atoms with van der Waals surface area (Å²) in [6.45, 7) is 5.55. The Morgan fingerprint density at radius 1 is 1.53 bits per heavy atom. The predicted molar refractivity (Wildman–Crippen MR) is 71.0 cm³/mol. The topological polar surface area (TPSA) is 78.9 Å². The third kappa shape index (κ3) is 4.70. The number of nitrogens with zero attached hydrogens (tertiary/aromatic N) is 1. The number of hydrogen-bond acceptors (Lipinski definition) is 3. The number of carbonyl (C=O) groups is 2. The molecule has 1 heterocycles. The highest BCUT2D eigenvalue weighted by atomic mass is 16.5. The molecule has 1 fully saturated rings. The first-order chi connectivity index (χ1) is 8.95. The molecule has 1 aliphatic heterocycles. The van der Waals surface area contributed by atoms with Gasteiger partial charge in [0.1, 0.15) is 6.04 Å². The second-order valence-electron chi connectivity index (χ2n) is 5.42. The SMILES string of the molecule is COCC(C)CNC(=O)N1CCC(C)CC1C(=O)O. The van der Waals surface area contributed by atoms with E-state index in [2.05, 4.69) is 5.32 Å². The third-order valence-electron chi connectivity index (χ3n) is 3.46. The fourth-order valence-electron chi connectivity index (χ4n) is 2.33. The van der Waals surface area contributed by atoms with Gasteiger partial charge in [0, 0.05) is 20.2 Å². The van der Waals surface area contributed by atoms with Crippen molar-refractivity contribution < 1.29 is 19.4 Å². The van der Waals surface area contributed by atoms with Crippen LogP contribution in [-0.2, 0) is 9.53 Å². The summed E-state index contributed by atoms with van der Waals surface area (Å²) in [6, 6.07) is -0.997. The first kappa shape index (κ1) is 15.8. The molecule has 110 valence electrons. The molecule has 6 heteroatoms.